The van der Waals surface area contributed by atoms with E-state index in [0.29, 0.717) is 11.4 Å². The van der Waals surface area contributed by atoms with Gasteiger partial charge in [0.25, 0.3) is 5.91 Å². The van der Waals surface area contributed by atoms with Gasteiger partial charge in [0, 0.05) is 13.2 Å². The number of anilines is 1. The Labute approximate surface area is 104 Å². The van der Waals surface area contributed by atoms with E-state index >= 15 is 0 Å². The van der Waals surface area contributed by atoms with E-state index in [9.17, 15) is 9.59 Å². The van der Waals surface area contributed by atoms with E-state index < -0.39 is 12.1 Å². The van der Waals surface area contributed by atoms with Gasteiger partial charge < -0.3 is 14.8 Å². The molecule has 1 unspecified atom stereocenters. The normalized spacial score (nSPS) is 19.0. The number of urea groups is 1. The average molecular weight is 250 g/mol. The molecule has 6 heteroatoms. The highest BCUT2D eigenvalue weighted by molar-refractivity contribution is 6.21. The molecule has 0 saturated carbocycles. The number of ether oxygens (including phenoxy) is 2. The molecule has 0 spiro atoms. The molecule has 6 nitrogen and oxygen atoms in total. The van der Waals surface area contributed by atoms with Gasteiger partial charge in [-0.1, -0.05) is 6.07 Å². The zero-order valence-corrected chi connectivity index (χ0v) is 10.2. The third-order valence-electron chi connectivity index (χ3n) is 2.66. The highest BCUT2D eigenvalue weighted by atomic mass is 16.5. The molecule has 0 radical (unpaired) electrons. The van der Waals surface area contributed by atoms with E-state index in [1.165, 1.54) is 14.2 Å². The molecule has 1 aliphatic rings. The first-order chi connectivity index (χ1) is 8.67. The summed E-state index contributed by atoms with van der Waals surface area (Å²) in [6, 6.07) is 5.69. The highest BCUT2D eigenvalue weighted by Gasteiger charge is 2.38. The van der Waals surface area contributed by atoms with Gasteiger partial charge in [0.1, 0.15) is 11.8 Å². The predicted octanol–water partition coefficient (Wildman–Crippen LogP) is 0.766. The van der Waals surface area contributed by atoms with E-state index in [4.69, 9.17) is 9.47 Å². The third-order valence-corrected chi connectivity index (χ3v) is 2.66. The molecule has 1 aromatic rings. The van der Waals surface area contributed by atoms with Gasteiger partial charge in [0.15, 0.2) is 0 Å². The number of hydrogen-bond donors (Lipinski definition) is 1. The Bertz CT molecular complexity index is 475. The molecular weight excluding hydrogens is 236 g/mol. The predicted molar refractivity (Wildman–Crippen MR) is 64.7 cm³/mol. The molecule has 1 saturated heterocycles. The summed E-state index contributed by atoms with van der Waals surface area (Å²) in [5, 5.41) is 2.56. The lowest BCUT2D eigenvalue weighted by molar-refractivity contribution is -0.119. The van der Waals surface area contributed by atoms with Crippen molar-refractivity contribution in [2.75, 3.05) is 25.7 Å². The number of carbonyl (C=O) groups is 2. The Hall–Kier alpha value is -2.08. The van der Waals surface area contributed by atoms with Crippen molar-refractivity contribution in [1.29, 1.82) is 0 Å². The number of imide groups is 1. The summed E-state index contributed by atoms with van der Waals surface area (Å²) in [6.45, 7) is 0.158. The lowest BCUT2D eigenvalue weighted by atomic mass is 10.2. The van der Waals surface area contributed by atoms with Crippen LogP contribution in [0, 0.1) is 0 Å². The summed E-state index contributed by atoms with van der Waals surface area (Å²) in [5.41, 5.74) is 0.482. The van der Waals surface area contributed by atoms with Crippen LogP contribution < -0.4 is 15.0 Å². The van der Waals surface area contributed by atoms with Crippen molar-refractivity contribution in [3.8, 4) is 5.75 Å². The van der Waals surface area contributed by atoms with Gasteiger partial charge in [-0.3, -0.25) is 4.79 Å². The molecule has 1 aliphatic heterocycles. The molecule has 1 atom stereocenters. The van der Waals surface area contributed by atoms with Crippen LogP contribution in [0.4, 0.5) is 10.5 Å². The second-order valence-corrected chi connectivity index (χ2v) is 3.83. The highest BCUT2D eigenvalue weighted by Crippen LogP contribution is 2.24. The Morgan fingerprint density at radius 1 is 1.33 bits per heavy atom. The fraction of sp³-hybridized carbons (Fsp3) is 0.333. The molecule has 1 heterocycles. The molecule has 1 aromatic carbocycles. The van der Waals surface area contributed by atoms with Gasteiger partial charge in [-0.15, -0.1) is 0 Å². The van der Waals surface area contributed by atoms with Crippen molar-refractivity contribution in [1.82, 2.24) is 5.32 Å². The Morgan fingerprint density at radius 2 is 2.11 bits per heavy atom. The minimum absolute atomic E-state index is 0.158. The van der Waals surface area contributed by atoms with E-state index in [0.717, 1.165) is 4.90 Å². The van der Waals surface area contributed by atoms with E-state index in [-0.39, 0.29) is 12.5 Å². The topological polar surface area (TPSA) is 67.9 Å². The van der Waals surface area contributed by atoms with Crippen molar-refractivity contribution in [2.45, 2.75) is 6.04 Å². The van der Waals surface area contributed by atoms with Crippen molar-refractivity contribution >= 4 is 17.6 Å². The second kappa shape index (κ2) is 5.05. The number of rotatable bonds is 4. The molecule has 96 valence electrons. The van der Waals surface area contributed by atoms with E-state index in [1.807, 2.05) is 0 Å². The summed E-state index contributed by atoms with van der Waals surface area (Å²) < 4.78 is 9.95. The average Bonchev–Trinajstić information content (AvgIpc) is 2.65. The van der Waals surface area contributed by atoms with Crippen LogP contribution in [0.3, 0.4) is 0 Å². The van der Waals surface area contributed by atoms with Crippen molar-refractivity contribution < 1.29 is 19.1 Å². The molecule has 0 aromatic heterocycles. The molecule has 18 heavy (non-hydrogen) atoms. The maximum absolute atomic E-state index is 12.0. The maximum Gasteiger partial charge on any atom is 0.329 e. The van der Waals surface area contributed by atoms with Crippen molar-refractivity contribution in [3.05, 3.63) is 24.3 Å². The first kappa shape index (κ1) is 12.4. The number of carbonyl (C=O) groups excluding carboxylic acids is 2. The monoisotopic (exact) mass is 250 g/mol. The Kier molecular flexibility index (Phi) is 3.47. The van der Waals surface area contributed by atoms with Gasteiger partial charge >= 0.3 is 6.03 Å². The molecule has 1 N–H and O–H groups in total. The lowest BCUT2D eigenvalue weighted by Gasteiger charge is -2.13. The third kappa shape index (κ3) is 2.14. The summed E-state index contributed by atoms with van der Waals surface area (Å²) >= 11 is 0. The maximum atomic E-state index is 12.0. The fourth-order valence-electron chi connectivity index (χ4n) is 1.80. The van der Waals surface area contributed by atoms with Crippen LogP contribution in [0.5, 0.6) is 5.75 Å². The van der Waals surface area contributed by atoms with Gasteiger partial charge in [-0.05, 0) is 12.1 Å². The van der Waals surface area contributed by atoms with Crippen molar-refractivity contribution in [3.63, 3.8) is 0 Å². The molecule has 0 bridgehead atoms. The largest absolute Gasteiger partial charge is 0.497 e. The first-order valence-corrected chi connectivity index (χ1v) is 5.45. The lowest BCUT2D eigenvalue weighted by Crippen LogP contribution is -2.34. The first-order valence-electron chi connectivity index (χ1n) is 5.45. The Morgan fingerprint density at radius 3 is 2.78 bits per heavy atom. The van der Waals surface area contributed by atoms with Gasteiger partial charge in [0.2, 0.25) is 0 Å². The van der Waals surface area contributed by atoms with Gasteiger partial charge in [-0.2, -0.15) is 0 Å². The SMILES string of the molecule is COCC1NC(=O)N(c2cccc(OC)c2)C1=O. The molecule has 2 rings (SSSR count). The smallest absolute Gasteiger partial charge is 0.329 e. The van der Waals surface area contributed by atoms with E-state index in [1.54, 1.807) is 24.3 Å². The van der Waals surface area contributed by atoms with Crippen LogP contribution in [-0.4, -0.2) is 38.8 Å². The molecular formula is C12H14N2O4. The number of nitrogens with zero attached hydrogens (tertiary/aromatic N) is 1. The number of amides is 3. The van der Waals surface area contributed by atoms with Crippen LogP contribution in [0.25, 0.3) is 0 Å². The van der Waals surface area contributed by atoms with Gasteiger partial charge in [0.05, 0.1) is 19.4 Å². The van der Waals surface area contributed by atoms with Crippen LogP contribution in [-0.2, 0) is 9.53 Å². The van der Waals surface area contributed by atoms with E-state index in [2.05, 4.69) is 5.32 Å². The zero-order chi connectivity index (χ0) is 13.1. The Balaban J connectivity index is 2.27. The number of hydrogen-bond acceptors (Lipinski definition) is 4. The second-order valence-electron chi connectivity index (χ2n) is 3.83. The number of benzene rings is 1. The number of methoxy groups -OCH3 is 2. The summed E-state index contributed by atoms with van der Waals surface area (Å²) in [5.74, 6) is 0.262. The summed E-state index contributed by atoms with van der Waals surface area (Å²) in [4.78, 5) is 24.9. The summed E-state index contributed by atoms with van der Waals surface area (Å²) in [7, 11) is 3.01. The van der Waals surface area contributed by atoms with Gasteiger partial charge in [-0.25, -0.2) is 9.69 Å². The number of nitrogens with one attached hydrogen (secondary N) is 1. The quantitative estimate of drug-likeness (QED) is 0.801. The minimum Gasteiger partial charge on any atom is -0.497 e. The van der Waals surface area contributed by atoms with Crippen LogP contribution in [0.2, 0.25) is 0 Å². The van der Waals surface area contributed by atoms with Crippen LogP contribution >= 0.6 is 0 Å². The minimum atomic E-state index is -0.631. The fourth-order valence-corrected chi connectivity index (χ4v) is 1.80. The van der Waals surface area contributed by atoms with Crippen LogP contribution in [0.1, 0.15) is 0 Å². The zero-order valence-electron chi connectivity index (χ0n) is 10.2. The standard InChI is InChI=1S/C12H14N2O4/c1-17-7-10-11(15)14(12(16)13-10)8-4-3-5-9(6-8)18-2/h3-6,10H,7H2,1-2H3,(H,13,16). The summed E-state index contributed by atoms with van der Waals surface area (Å²) in [6.07, 6.45) is 0. The molecule has 1 fully saturated rings. The molecule has 3 amide bonds. The molecule has 0 aliphatic carbocycles. The van der Waals surface area contributed by atoms with Crippen LogP contribution in [0.15, 0.2) is 24.3 Å². The van der Waals surface area contributed by atoms with Crippen molar-refractivity contribution in [2.24, 2.45) is 0 Å².